The van der Waals surface area contributed by atoms with Gasteiger partial charge >= 0.3 is 6.18 Å². The van der Waals surface area contributed by atoms with Crippen molar-refractivity contribution in [2.75, 3.05) is 5.32 Å². The number of benzene rings is 1. The van der Waals surface area contributed by atoms with Gasteiger partial charge in [-0.3, -0.25) is 0 Å². The van der Waals surface area contributed by atoms with Gasteiger partial charge in [-0.15, -0.1) is 0 Å². The molecule has 0 radical (unpaired) electrons. The maximum Gasteiger partial charge on any atom is 0.391 e. The Morgan fingerprint density at radius 3 is 2.63 bits per heavy atom. The van der Waals surface area contributed by atoms with E-state index in [2.05, 4.69) is 5.32 Å². The van der Waals surface area contributed by atoms with Crippen LogP contribution in [0, 0.1) is 18.7 Å². The molecule has 2 atom stereocenters. The zero-order valence-electron chi connectivity index (χ0n) is 10.7. The van der Waals surface area contributed by atoms with Crippen molar-refractivity contribution >= 4 is 5.69 Å². The first-order valence-corrected chi connectivity index (χ1v) is 6.45. The van der Waals surface area contributed by atoms with Gasteiger partial charge in [-0.1, -0.05) is 12.5 Å². The molecule has 1 N–H and O–H groups in total. The van der Waals surface area contributed by atoms with Crippen LogP contribution in [-0.2, 0) is 0 Å². The third-order valence-corrected chi connectivity index (χ3v) is 3.62. The van der Waals surface area contributed by atoms with Crippen LogP contribution in [0.2, 0.25) is 0 Å². The molecule has 1 fully saturated rings. The van der Waals surface area contributed by atoms with Crippen LogP contribution in [0.1, 0.15) is 31.2 Å². The van der Waals surface area contributed by atoms with Gasteiger partial charge in [0.1, 0.15) is 5.82 Å². The quantitative estimate of drug-likeness (QED) is 0.773. The monoisotopic (exact) mass is 275 g/mol. The summed E-state index contributed by atoms with van der Waals surface area (Å²) >= 11 is 0. The molecule has 0 aliphatic heterocycles. The molecule has 0 heterocycles. The Balaban J connectivity index is 2.05. The number of rotatable bonds is 2. The second kappa shape index (κ2) is 5.39. The summed E-state index contributed by atoms with van der Waals surface area (Å²) in [6.45, 7) is 1.82. The minimum Gasteiger partial charge on any atom is -0.380 e. The van der Waals surface area contributed by atoms with Gasteiger partial charge in [0.2, 0.25) is 0 Å². The van der Waals surface area contributed by atoms with E-state index in [0.29, 0.717) is 18.5 Å². The van der Waals surface area contributed by atoms with Crippen molar-refractivity contribution in [1.29, 1.82) is 0 Å². The molecule has 106 valence electrons. The minimum atomic E-state index is -4.15. The Kier molecular flexibility index (Phi) is 4.02. The average molecular weight is 275 g/mol. The molecular formula is C14H17F4N. The first-order valence-electron chi connectivity index (χ1n) is 6.45. The maximum atomic E-state index is 13.6. The summed E-state index contributed by atoms with van der Waals surface area (Å²) in [6.07, 6.45) is -2.77. The van der Waals surface area contributed by atoms with E-state index in [-0.39, 0.29) is 18.9 Å². The van der Waals surface area contributed by atoms with E-state index in [9.17, 15) is 17.6 Å². The summed E-state index contributed by atoms with van der Waals surface area (Å²) in [6, 6.07) is 4.30. The van der Waals surface area contributed by atoms with E-state index in [4.69, 9.17) is 0 Å². The fourth-order valence-electron chi connectivity index (χ4n) is 2.59. The zero-order valence-corrected chi connectivity index (χ0v) is 10.7. The maximum absolute atomic E-state index is 13.6. The van der Waals surface area contributed by atoms with Gasteiger partial charge in [0, 0.05) is 6.04 Å². The van der Waals surface area contributed by atoms with E-state index >= 15 is 0 Å². The van der Waals surface area contributed by atoms with Gasteiger partial charge in [-0.25, -0.2) is 4.39 Å². The lowest BCUT2D eigenvalue weighted by Crippen LogP contribution is -2.34. The van der Waals surface area contributed by atoms with Crippen molar-refractivity contribution in [3.63, 3.8) is 0 Å². The van der Waals surface area contributed by atoms with E-state index in [0.717, 1.165) is 5.56 Å². The lowest BCUT2D eigenvalue weighted by atomic mass is 9.85. The third kappa shape index (κ3) is 3.61. The van der Waals surface area contributed by atoms with Crippen molar-refractivity contribution in [3.8, 4) is 0 Å². The number of hydrogen-bond acceptors (Lipinski definition) is 1. The smallest absolute Gasteiger partial charge is 0.380 e. The SMILES string of the molecule is Cc1ccc(F)c(NC2CCCC(C(F)(F)F)C2)c1. The molecular weight excluding hydrogens is 258 g/mol. The normalized spacial score (nSPS) is 24.3. The van der Waals surface area contributed by atoms with Crippen LogP contribution in [0.15, 0.2) is 18.2 Å². The molecule has 1 aromatic rings. The predicted molar refractivity (Wildman–Crippen MR) is 66.6 cm³/mol. The average Bonchev–Trinajstić information content (AvgIpc) is 2.33. The lowest BCUT2D eigenvalue weighted by Gasteiger charge is -2.31. The molecule has 1 saturated carbocycles. The second-order valence-electron chi connectivity index (χ2n) is 5.23. The molecule has 1 aromatic carbocycles. The Morgan fingerprint density at radius 2 is 1.95 bits per heavy atom. The van der Waals surface area contributed by atoms with Crippen LogP contribution in [-0.4, -0.2) is 12.2 Å². The molecule has 19 heavy (non-hydrogen) atoms. The van der Waals surface area contributed by atoms with Gasteiger partial charge in [-0.2, -0.15) is 13.2 Å². The van der Waals surface area contributed by atoms with Crippen LogP contribution in [0.4, 0.5) is 23.2 Å². The first-order chi connectivity index (χ1) is 8.86. The summed E-state index contributed by atoms with van der Waals surface area (Å²) in [5.74, 6) is -1.69. The fraction of sp³-hybridized carbons (Fsp3) is 0.571. The standard InChI is InChI=1S/C14H17F4N/c1-9-5-6-12(15)13(7-9)19-11-4-2-3-10(8-11)14(16,17)18/h5-7,10-11,19H,2-4,8H2,1H3. The molecule has 1 nitrogen and oxygen atoms in total. The van der Waals surface area contributed by atoms with E-state index in [1.54, 1.807) is 12.1 Å². The van der Waals surface area contributed by atoms with Gasteiger partial charge in [0.25, 0.3) is 0 Å². The van der Waals surface area contributed by atoms with Crippen molar-refractivity contribution in [3.05, 3.63) is 29.6 Å². The lowest BCUT2D eigenvalue weighted by molar-refractivity contribution is -0.182. The molecule has 0 saturated heterocycles. The number of aryl methyl sites for hydroxylation is 1. The third-order valence-electron chi connectivity index (χ3n) is 3.62. The van der Waals surface area contributed by atoms with E-state index < -0.39 is 17.9 Å². The van der Waals surface area contributed by atoms with Crippen molar-refractivity contribution in [2.45, 2.75) is 44.8 Å². The predicted octanol–water partition coefficient (Wildman–Crippen LogP) is 4.67. The highest BCUT2D eigenvalue weighted by atomic mass is 19.4. The van der Waals surface area contributed by atoms with Gasteiger partial charge in [-0.05, 0) is 43.9 Å². The molecule has 0 amide bonds. The van der Waals surface area contributed by atoms with Crippen LogP contribution in [0.25, 0.3) is 0 Å². The minimum absolute atomic E-state index is 0.0247. The molecule has 2 rings (SSSR count). The van der Waals surface area contributed by atoms with Crippen molar-refractivity contribution in [1.82, 2.24) is 0 Å². The van der Waals surface area contributed by atoms with Crippen LogP contribution in [0.5, 0.6) is 0 Å². The highest BCUT2D eigenvalue weighted by molar-refractivity contribution is 5.47. The van der Waals surface area contributed by atoms with Crippen LogP contribution < -0.4 is 5.32 Å². The number of alkyl halides is 3. The highest BCUT2D eigenvalue weighted by Crippen LogP contribution is 2.38. The Labute approximate surface area is 110 Å². The molecule has 0 aromatic heterocycles. The summed E-state index contributed by atoms with van der Waals surface area (Å²) in [5, 5.41) is 2.92. The number of anilines is 1. The van der Waals surface area contributed by atoms with Crippen LogP contribution >= 0.6 is 0 Å². The topological polar surface area (TPSA) is 12.0 Å². The van der Waals surface area contributed by atoms with Crippen molar-refractivity contribution < 1.29 is 17.6 Å². The largest absolute Gasteiger partial charge is 0.391 e. The van der Waals surface area contributed by atoms with Crippen LogP contribution in [0.3, 0.4) is 0 Å². The molecule has 5 heteroatoms. The number of hydrogen-bond donors (Lipinski definition) is 1. The molecule has 1 aliphatic carbocycles. The summed E-state index contributed by atoms with van der Waals surface area (Å²) in [5.41, 5.74) is 1.18. The van der Waals surface area contributed by atoms with Gasteiger partial charge in [0.15, 0.2) is 0 Å². The summed E-state index contributed by atoms with van der Waals surface area (Å²) in [4.78, 5) is 0. The fourth-order valence-corrected chi connectivity index (χ4v) is 2.59. The molecule has 1 aliphatic rings. The molecule has 0 bridgehead atoms. The molecule has 0 spiro atoms. The van der Waals surface area contributed by atoms with E-state index in [1.807, 2.05) is 6.92 Å². The summed E-state index contributed by atoms with van der Waals surface area (Å²) in [7, 11) is 0. The van der Waals surface area contributed by atoms with Crippen molar-refractivity contribution in [2.24, 2.45) is 5.92 Å². The Morgan fingerprint density at radius 1 is 1.21 bits per heavy atom. The van der Waals surface area contributed by atoms with Gasteiger partial charge in [0.05, 0.1) is 11.6 Å². The number of halogens is 4. The highest BCUT2D eigenvalue weighted by Gasteiger charge is 2.42. The molecule has 2 unspecified atom stereocenters. The second-order valence-corrected chi connectivity index (χ2v) is 5.23. The zero-order chi connectivity index (χ0) is 14.0. The Bertz CT molecular complexity index is 442. The first kappa shape index (κ1) is 14.2. The van der Waals surface area contributed by atoms with Gasteiger partial charge < -0.3 is 5.32 Å². The number of nitrogens with one attached hydrogen (secondary N) is 1. The Hall–Kier alpha value is -1.26. The van der Waals surface area contributed by atoms with E-state index in [1.165, 1.54) is 6.07 Å². The summed E-state index contributed by atoms with van der Waals surface area (Å²) < 4.78 is 51.7.